The fourth-order valence-electron chi connectivity index (χ4n) is 5.10. The molecule has 2 aromatic heterocycles. The molecule has 1 aliphatic rings. The summed E-state index contributed by atoms with van der Waals surface area (Å²) >= 11 is 7.33. The van der Waals surface area contributed by atoms with Crippen molar-refractivity contribution in [2.75, 3.05) is 13.7 Å². The van der Waals surface area contributed by atoms with Crippen LogP contribution < -0.4 is 19.6 Å². The summed E-state index contributed by atoms with van der Waals surface area (Å²) in [5, 5.41) is 9.36. The average Bonchev–Trinajstić information content (AvgIpc) is 3.64. The SMILES string of the molecule is CCOC(=O)C1=C(c2ccccc2)N=c2s/c(=C\c3ccc(-c4ccc(C(=O)O)c(Cl)c4)o3)c(=O)n2[C@H]1c1ccc(OC)cc1. The minimum Gasteiger partial charge on any atom is -0.497 e. The molecular formula is C34H25ClN2O7S. The molecule has 11 heteroatoms. The van der Waals surface area contributed by atoms with E-state index in [2.05, 4.69) is 0 Å². The molecule has 0 amide bonds. The van der Waals surface area contributed by atoms with Crippen molar-refractivity contribution in [1.29, 1.82) is 0 Å². The third kappa shape index (κ3) is 5.73. The van der Waals surface area contributed by atoms with Gasteiger partial charge in [0.1, 0.15) is 17.3 Å². The van der Waals surface area contributed by atoms with E-state index in [1.807, 2.05) is 42.5 Å². The summed E-state index contributed by atoms with van der Waals surface area (Å²) in [7, 11) is 1.56. The van der Waals surface area contributed by atoms with Crippen molar-refractivity contribution in [2.24, 2.45) is 4.99 Å². The molecule has 226 valence electrons. The number of benzene rings is 3. The molecule has 5 aromatic rings. The van der Waals surface area contributed by atoms with Crippen molar-refractivity contribution in [3.63, 3.8) is 0 Å². The highest BCUT2D eigenvalue weighted by atomic mass is 35.5. The summed E-state index contributed by atoms with van der Waals surface area (Å²) < 4.78 is 18.7. The lowest BCUT2D eigenvalue weighted by molar-refractivity contribution is -0.138. The third-order valence-corrected chi connectivity index (χ3v) is 8.49. The number of aromatic nitrogens is 1. The number of carbonyl (C=O) groups is 2. The van der Waals surface area contributed by atoms with Crippen LogP contribution in [0.25, 0.3) is 23.1 Å². The molecule has 0 spiro atoms. The van der Waals surface area contributed by atoms with Gasteiger partial charge < -0.3 is 19.0 Å². The molecule has 3 heterocycles. The molecule has 6 rings (SSSR count). The van der Waals surface area contributed by atoms with E-state index in [1.54, 1.807) is 50.4 Å². The number of furan rings is 1. The van der Waals surface area contributed by atoms with Crippen LogP contribution in [0.4, 0.5) is 0 Å². The summed E-state index contributed by atoms with van der Waals surface area (Å²) in [6.07, 6.45) is 1.61. The van der Waals surface area contributed by atoms with Crippen LogP contribution in [-0.4, -0.2) is 35.3 Å². The van der Waals surface area contributed by atoms with Crippen LogP contribution in [0.15, 0.2) is 105 Å². The standard InChI is InChI=1S/C34H25ClN2O7S/c1-3-43-33(41)28-29(19-7-5-4-6-8-19)36-34-37(30(28)20-9-12-22(42-2)13-10-20)31(38)27(45-34)18-23-14-16-26(44-23)21-11-15-24(32(39)40)25(35)17-21/h4-18,30H,3H2,1-2H3,(H,39,40)/b27-18-/t30-/m0/s1. The van der Waals surface area contributed by atoms with E-state index in [-0.39, 0.29) is 28.3 Å². The zero-order chi connectivity index (χ0) is 31.7. The molecule has 1 aliphatic heterocycles. The first-order chi connectivity index (χ1) is 21.8. The molecule has 45 heavy (non-hydrogen) atoms. The maximum atomic E-state index is 14.1. The van der Waals surface area contributed by atoms with Crippen molar-refractivity contribution < 1.29 is 28.6 Å². The minimum absolute atomic E-state index is 0.0169. The number of carbonyl (C=O) groups excluding carboxylic acids is 1. The highest BCUT2D eigenvalue weighted by Crippen LogP contribution is 2.36. The van der Waals surface area contributed by atoms with Gasteiger partial charge in [-0.15, -0.1) is 0 Å². The molecule has 0 saturated carbocycles. The van der Waals surface area contributed by atoms with Gasteiger partial charge >= 0.3 is 11.9 Å². The van der Waals surface area contributed by atoms with Gasteiger partial charge in [-0.05, 0) is 48.9 Å². The second kappa shape index (κ2) is 12.4. The highest BCUT2D eigenvalue weighted by molar-refractivity contribution is 7.07. The van der Waals surface area contributed by atoms with Crippen LogP contribution in [-0.2, 0) is 9.53 Å². The number of aromatic carboxylic acids is 1. The molecule has 0 bridgehead atoms. The lowest BCUT2D eigenvalue weighted by Crippen LogP contribution is -2.40. The lowest BCUT2D eigenvalue weighted by Gasteiger charge is -2.26. The zero-order valence-corrected chi connectivity index (χ0v) is 25.6. The van der Waals surface area contributed by atoms with E-state index in [9.17, 15) is 19.5 Å². The fourth-order valence-corrected chi connectivity index (χ4v) is 6.34. The Morgan fingerprint density at radius 3 is 2.47 bits per heavy atom. The normalized spacial score (nSPS) is 14.6. The van der Waals surface area contributed by atoms with Crippen molar-refractivity contribution in [3.8, 4) is 17.1 Å². The number of halogens is 1. The van der Waals surface area contributed by atoms with Crippen molar-refractivity contribution >= 4 is 46.6 Å². The van der Waals surface area contributed by atoms with Crippen molar-refractivity contribution in [1.82, 2.24) is 4.57 Å². The molecule has 0 radical (unpaired) electrons. The maximum absolute atomic E-state index is 14.1. The third-order valence-electron chi connectivity index (χ3n) is 7.19. The summed E-state index contributed by atoms with van der Waals surface area (Å²) in [6.45, 7) is 1.87. The maximum Gasteiger partial charge on any atom is 0.338 e. The number of ether oxygens (including phenoxy) is 2. The van der Waals surface area contributed by atoms with Crippen molar-refractivity contribution in [3.05, 3.63) is 138 Å². The molecule has 0 saturated heterocycles. The molecular weight excluding hydrogens is 616 g/mol. The van der Waals surface area contributed by atoms with Gasteiger partial charge in [0.05, 0.1) is 46.1 Å². The lowest BCUT2D eigenvalue weighted by atomic mass is 9.93. The summed E-state index contributed by atoms with van der Waals surface area (Å²) in [4.78, 5) is 44.3. The number of hydrogen-bond donors (Lipinski definition) is 1. The largest absolute Gasteiger partial charge is 0.497 e. The number of nitrogens with zero attached hydrogens (tertiary/aromatic N) is 2. The predicted octanol–water partition coefficient (Wildman–Crippen LogP) is 5.56. The van der Waals surface area contributed by atoms with Crippen LogP contribution in [0.3, 0.4) is 0 Å². The molecule has 0 unspecified atom stereocenters. The molecule has 0 fully saturated rings. The van der Waals surface area contributed by atoms with Gasteiger partial charge in [-0.3, -0.25) is 9.36 Å². The summed E-state index contributed by atoms with van der Waals surface area (Å²) in [6, 6.07) is 23.6. The molecule has 0 aliphatic carbocycles. The van der Waals surface area contributed by atoms with Gasteiger partial charge in [-0.1, -0.05) is 71.5 Å². The van der Waals surface area contributed by atoms with Gasteiger partial charge in [-0.2, -0.15) is 0 Å². The number of hydrogen-bond acceptors (Lipinski definition) is 8. The first-order valence-electron chi connectivity index (χ1n) is 13.8. The average molecular weight is 641 g/mol. The van der Waals surface area contributed by atoms with Gasteiger partial charge in [0.25, 0.3) is 5.56 Å². The predicted molar refractivity (Wildman–Crippen MR) is 170 cm³/mol. The Labute approximate surface area is 265 Å². The number of methoxy groups -OCH3 is 1. The van der Waals surface area contributed by atoms with E-state index in [0.29, 0.717) is 49.0 Å². The number of rotatable bonds is 8. The van der Waals surface area contributed by atoms with E-state index in [4.69, 9.17) is 30.5 Å². The van der Waals surface area contributed by atoms with Gasteiger partial charge in [0.2, 0.25) is 0 Å². The van der Waals surface area contributed by atoms with Gasteiger partial charge in [0.15, 0.2) is 4.80 Å². The fraction of sp³-hybridized carbons (Fsp3) is 0.118. The Morgan fingerprint density at radius 1 is 1.04 bits per heavy atom. The van der Waals surface area contributed by atoms with E-state index in [0.717, 1.165) is 0 Å². The number of carboxylic acid groups (broad SMARTS) is 1. The van der Waals surface area contributed by atoms with E-state index >= 15 is 0 Å². The van der Waals surface area contributed by atoms with Crippen LogP contribution in [0.5, 0.6) is 5.75 Å². The van der Waals surface area contributed by atoms with Crippen LogP contribution in [0.2, 0.25) is 5.02 Å². The minimum atomic E-state index is -1.13. The van der Waals surface area contributed by atoms with Crippen LogP contribution in [0, 0.1) is 0 Å². The molecule has 9 nitrogen and oxygen atoms in total. The monoisotopic (exact) mass is 640 g/mol. The van der Waals surface area contributed by atoms with Crippen LogP contribution >= 0.6 is 22.9 Å². The Balaban J connectivity index is 1.52. The molecule has 1 atom stereocenters. The summed E-state index contributed by atoms with van der Waals surface area (Å²) in [5.74, 6) is -0.235. The van der Waals surface area contributed by atoms with Crippen LogP contribution in [0.1, 0.15) is 40.2 Å². The van der Waals surface area contributed by atoms with Crippen molar-refractivity contribution in [2.45, 2.75) is 13.0 Å². The smallest absolute Gasteiger partial charge is 0.338 e. The first kappa shape index (κ1) is 29.9. The Morgan fingerprint density at radius 2 is 1.80 bits per heavy atom. The van der Waals surface area contributed by atoms with Gasteiger partial charge in [0, 0.05) is 17.2 Å². The first-order valence-corrected chi connectivity index (χ1v) is 15.0. The Hall–Kier alpha value is -5.19. The number of thiazole rings is 1. The summed E-state index contributed by atoms with van der Waals surface area (Å²) in [5.41, 5.74) is 2.25. The number of fused-ring (bicyclic) bond motifs is 1. The Bertz CT molecular complexity index is 2140. The Kier molecular flexibility index (Phi) is 8.25. The second-order valence-corrected chi connectivity index (χ2v) is 11.3. The van der Waals surface area contributed by atoms with Gasteiger partial charge in [-0.25, -0.2) is 14.6 Å². The topological polar surface area (TPSA) is 120 Å². The second-order valence-electron chi connectivity index (χ2n) is 9.91. The number of carboxylic acids is 1. The highest BCUT2D eigenvalue weighted by Gasteiger charge is 2.35. The molecule has 1 N–H and O–H groups in total. The zero-order valence-electron chi connectivity index (χ0n) is 24.0. The quantitative estimate of drug-likeness (QED) is 0.221. The van der Waals surface area contributed by atoms with E-state index in [1.165, 1.54) is 28.0 Å². The molecule has 3 aromatic carbocycles. The van der Waals surface area contributed by atoms with E-state index < -0.39 is 18.0 Å². The number of esters is 1.